The normalized spacial score (nSPS) is 18.8. The van der Waals surface area contributed by atoms with Gasteiger partial charge in [0.25, 0.3) is 0 Å². The molecule has 0 aromatic carbocycles. The second-order valence-electron chi connectivity index (χ2n) is 3.93. The third kappa shape index (κ3) is 4.06. The maximum absolute atomic E-state index is 11.5. The van der Waals surface area contributed by atoms with Crippen molar-refractivity contribution in [3.63, 3.8) is 0 Å². The van der Waals surface area contributed by atoms with Gasteiger partial charge < -0.3 is 10.4 Å². The van der Waals surface area contributed by atoms with E-state index in [2.05, 4.69) is 10.7 Å². The van der Waals surface area contributed by atoms with Crippen molar-refractivity contribution in [2.75, 3.05) is 13.1 Å². The minimum Gasteiger partial charge on any atom is -0.480 e. The molecule has 0 aliphatic carbocycles. The maximum atomic E-state index is 11.5. The third-order valence-corrected chi connectivity index (χ3v) is 2.63. The lowest BCUT2D eigenvalue weighted by Crippen LogP contribution is -2.53. The Hall–Kier alpha value is -1.30. The number of aliphatic carboxylic acids is 1. The summed E-state index contributed by atoms with van der Waals surface area (Å²) in [5, 5.41) is 13.0. The molecule has 0 aromatic heterocycles. The Bertz CT molecular complexity index is 252. The van der Waals surface area contributed by atoms with Crippen LogP contribution in [0.25, 0.3) is 0 Å². The zero-order chi connectivity index (χ0) is 12.0. The van der Waals surface area contributed by atoms with Crippen LogP contribution in [0.1, 0.15) is 32.6 Å². The van der Waals surface area contributed by atoms with E-state index >= 15 is 0 Å². The van der Waals surface area contributed by atoms with E-state index < -0.39 is 18.0 Å². The summed E-state index contributed by atoms with van der Waals surface area (Å²) < 4.78 is 0. The Balaban J connectivity index is 2.31. The number of urea groups is 1. The fraction of sp³-hybridized carbons (Fsp3) is 0.800. The number of carbonyl (C=O) groups is 2. The molecule has 1 saturated heterocycles. The quantitative estimate of drug-likeness (QED) is 0.657. The Kier molecular flexibility index (Phi) is 5.04. The molecule has 2 amide bonds. The van der Waals surface area contributed by atoms with E-state index in [1.54, 1.807) is 6.92 Å². The average molecular weight is 229 g/mol. The van der Waals surface area contributed by atoms with Crippen molar-refractivity contribution in [2.45, 2.75) is 38.6 Å². The largest absolute Gasteiger partial charge is 0.480 e. The van der Waals surface area contributed by atoms with Crippen LogP contribution in [0.3, 0.4) is 0 Å². The molecule has 0 bridgehead atoms. The van der Waals surface area contributed by atoms with Crippen molar-refractivity contribution in [3.8, 4) is 0 Å². The van der Waals surface area contributed by atoms with Crippen LogP contribution >= 0.6 is 0 Å². The number of hydrogen-bond acceptors (Lipinski definition) is 3. The summed E-state index contributed by atoms with van der Waals surface area (Å²) in [7, 11) is 0. The number of hydrazine groups is 1. The lowest BCUT2D eigenvalue weighted by atomic mass is 10.2. The van der Waals surface area contributed by atoms with E-state index in [9.17, 15) is 9.59 Å². The Morgan fingerprint density at radius 1 is 1.31 bits per heavy atom. The first-order chi connectivity index (χ1) is 7.63. The summed E-state index contributed by atoms with van der Waals surface area (Å²) in [6.45, 7) is 3.38. The summed E-state index contributed by atoms with van der Waals surface area (Å²) in [6.07, 6.45) is 3.70. The SMILES string of the molecule is CC[C@H](NC(=O)NN1CCCCC1)C(=O)O. The van der Waals surface area contributed by atoms with E-state index in [-0.39, 0.29) is 0 Å². The molecule has 3 N–H and O–H groups in total. The zero-order valence-electron chi connectivity index (χ0n) is 9.53. The number of nitrogens with zero attached hydrogens (tertiary/aromatic N) is 1. The van der Waals surface area contributed by atoms with Gasteiger partial charge in [-0.1, -0.05) is 13.3 Å². The fourth-order valence-corrected chi connectivity index (χ4v) is 1.68. The molecule has 6 heteroatoms. The number of piperidine rings is 1. The van der Waals surface area contributed by atoms with Gasteiger partial charge in [-0.3, -0.25) is 5.43 Å². The van der Waals surface area contributed by atoms with Crippen LogP contribution in [0.2, 0.25) is 0 Å². The van der Waals surface area contributed by atoms with Gasteiger partial charge in [0.15, 0.2) is 0 Å². The van der Waals surface area contributed by atoms with Gasteiger partial charge in [-0.25, -0.2) is 14.6 Å². The van der Waals surface area contributed by atoms with Crippen LogP contribution in [-0.2, 0) is 4.79 Å². The Morgan fingerprint density at radius 3 is 2.44 bits per heavy atom. The molecule has 0 saturated carbocycles. The topological polar surface area (TPSA) is 81.7 Å². The molecule has 0 spiro atoms. The molecular weight excluding hydrogens is 210 g/mol. The smallest absolute Gasteiger partial charge is 0.330 e. The van der Waals surface area contributed by atoms with Gasteiger partial charge in [-0.2, -0.15) is 0 Å². The van der Waals surface area contributed by atoms with Crippen LogP contribution in [0.4, 0.5) is 4.79 Å². The summed E-state index contributed by atoms with van der Waals surface area (Å²) in [5.74, 6) is -1.00. The minimum absolute atomic E-state index is 0.378. The van der Waals surface area contributed by atoms with E-state index in [0.717, 1.165) is 25.9 Å². The van der Waals surface area contributed by atoms with Crippen molar-refractivity contribution in [1.29, 1.82) is 0 Å². The summed E-state index contributed by atoms with van der Waals surface area (Å²) in [5.41, 5.74) is 2.66. The first kappa shape index (κ1) is 12.8. The lowest BCUT2D eigenvalue weighted by Gasteiger charge is -2.27. The molecular formula is C10H19N3O3. The van der Waals surface area contributed by atoms with Crippen LogP contribution in [-0.4, -0.2) is 41.2 Å². The summed E-state index contributed by atoms with van der Waals surface area (Å²) >= 11 is 0. The monoisotopic (exact) mass is 229 g/mol. The lowest BCUT2D eigenvalue weighted by molar-refractivity contribution is -0.139. The van der Waals surface area contributed by atoms with Gasteiger partial charge >= 0.3 is 12.0 Å². The van der Waals surface area contributed by atoms with E-state index in [1.807, 2.05) is 5.01 Å². The first-order valence-corrected chi connectivity index (χ1v) is 5.68. The van der Waals surface area contributed by atoms with Crippen LogP contribution in [0, 0.1) is 0 Å². The molecule has 1 aliphatic heterocycles. The summed E-state index contributed by atoms with van der Waals surface area (Å²) in [6, 6.07) is -1.25. The van der Waals surface area contributed by atoms with Gasteiger partial charge in [0.1, 0.15) is 6.04 Å². The highest BCUT2D eigenvalue weighted by Gasteiger charge is 2.19. The molecule has 1 heterocycles. The molecule has 0 aromatic rings. The van der Waals surface area contributed by atoms with Crippen LogP contribution < -0.4 is 10.7 Å². The van der Waals surface area contributed by atoms with Crippen molar-refractivity contribution < 1.29 is 14.7 Å². The van der Waals surface area contributed by atoms with Crippen LogP contribution in [0.15, 0.2) is 0 Å². The molecule has 0 radical (unpaired) electrons. The highest BCUT2D eigenvalue weighted by Crippen LogP contribution is 2.05. The fourth-order valence-electron chi connectivity index (χ4n) is 1.68. The highest BCUT2D eigenvalue weighted by molar-refractivity contribution is 5.82. The standard InChI is InChI=1S/C10H19N3O3/c1-2-8(9(14)15)11-10(16)12-13-6-4-3-5-7-13/h8H,2-7H2,1H3,(H,14,15)(H2,11,12,16)/t8-/m0/s1. The molecule has 1 rings (SSSR count). The predicted molar refractivity (Wildman–Crippen MR) is 58.8 cm³/mol. The molecule has 1 fully saturated rings. The van der Waals surface area contributed by atoms with Gasteiger partial charge in [0.2, 0.25) is 0 Å². The zero-order valence-corrected chi connectivity index (χ0v) is 9.53. The molecule has 1 aliphatic rings. The molecule has 1 atom stereocenters. The number of carboxylic acid groups (broad SMARTS) is 1. The number of amides is 2. The number of nitrogens with one attached hydrogen (secondary N) is 2. The Morgan fingerprint density at radius 2 is 1.94 bits per heavy atom. The van der Waals surface area contributed by atoms with E-state index in [0.29, 0.717) is 6.42 Å². The average Bonchev–Trinajstić information content (AvgIpc) is 2.27. The predicted octanol–water partition coefficient (Wildman–Crippen LogP) is 0.550. The molecule has 6 nitrogen and oxygen atoms in total. The molecule has 16 heavy (non-hydrogen) atoms. The first-order valence-electron chi connectivity index (χ1n) is 5.68. The highest BCUT2D eigenvalue weighted by atomic mass is 16.4. The van der Waals surface area contributed by atoms with Gasteiger partial charge in [-0.05, 0) is 19.3 Å². The van der Waals surface area contributed by atoms with Crippen molar-refractivity contribution in [1.82, 2.24) is 15.8 Å². The van der Waals surface area contributed by atoms with Crippen molar-refractivity contribution in [3.05, 3.63) is 0 Å². The van der Waals surface area contributed by atoms with Gasteiger partial charge in [0.05, 0.1) is 0 Å². The van der Waals surface area contributed by atoms with E-state index in [1.165, 1.54) is 6.42 Å². The number of rotatable bonds is 4. The number of carboxylic acids is 1. The minimum atomic E-state index is -1.00. The number of hydrogen-bond donors (Lipinski definition) is 3. The number of carbonyl (C=O) groups excluding carboxylic acids is 1. The maximum Gasteiger partial charge on any atom is 0.330 e. The third-order valence-electron chi connectivity index (χ3n) is 2.63. The second kappa shape index (κ2) is 6.32. The van der Waals surface area contributed by atoms with Crippen molar-refractivity contribution >= 4 is 12.0 Å². The Labute approximate surface area is 95.0 Å². The second-order valence-corrected chi connectivity index (χ2v) is 3.93. The van der Waals surface area contributed by atoms with Crippen molar-refractivity contribution in [2.24, 2.45) is 0 Å². The van der Waals surface area contributed by atoms with Gasteiger partial charge in [-0.15, -0.1) is 0 Å². The molecule has 0 unspecified atom stereocenters. The van der Waals surface area contributed by atoms with E-state index in [4.69, 9.17) is 5.11 Å². The van der Waals surface area contributed by atoms with Crippen LogP contribution in [0.5, 0.6) is 0 Å². The molecule has 92 valence electrons. The summed E-state index contributed by atoms with van der Waals surface area (Å²) in [4.78, 5) is 22.2. The van der Waals surface area contributed by atoms with Gasteiger partial charge in [0, 0.05) is 13.1 Å².